The molecule has 0 aliphatic heterocycles. The van der Waals surface area contributed by atoms with Crippen molar-refractivity contribution in [1.82, 2.24) is 9.97 Å². The highest BCUT2D eigenvalue weighted by Gasteiger charge is 2.18. The molecule has 0 radical (unpaired) electrons. The van der Waals surface area contributed by atoms with Crippen molar-refractivity contribution in [2.75, 3.05) is 19.5 Å². The van der Waals surface area contributed by atoms with Crippen molar-refractivity contribution >= 4 is 17.8 Å². The first-order chi connectivity index (χ1) is 14.9. The second-order valence-electron chi connectivity index (χ2n) is 6.42. The highest BCUT2D eigenvalue weighted by molar-refractivity contribution is 5.87. The lowest BCUT2D eigenvalue weighted by molar-refractivity contribution is -0.141. The van der Waals surface area contributed by atoms with E-state index in [1.54, 1.807) is 37.3 Å². The van der Waals surface area contributed by atoms with E-state index in [9.17, 15) is 14.0 Å². The number of hydrogen-bond donors (Lipinski definition) is 1. The van der Waals surface area contributed by atoms with Crippen LogP contribution >= 0.6 is 0 Å². The highest BCUT2D eigenvalue weighted by atomic mass is 19.1. The van der Waals surface area contributed by atoms with Gasteiger partial charge in [0.05, 0.1) is 19.9 Å². The minimum absolute atomic E-state index is 0.161. The molecular formula is C22H20FN3O5. The summed E-state index contributed by atoms with van der Waals surface area (Å²) >= 11 is 0. The first-order valence-corrected chi connectivity index (χ1v) is 9.25. The van der Waals surface area contributed by atoms with Gasteiger partial charge in [0.25, 0.3) is 0 Å². The lowest BCUT2D eigenvalue weighted by Crippen LogP contribution is -2.28. The quantitative estimate of drug-likeness (QED) is 0.570. The summed E-state index contributed by atoms with van der Waals surface area (Å²) in [5.74, 6) is -0.420. The Morgan fingerprint density at radius 3 is 2.13 bits per heavy atom. The number of aromatic nitrogens is 2. The van der Waals surface area contributed by atoms with Crippen LogP contribution < -0.4 is 10.1 Å². The number of carbonyl (C=O) groups is 2. The summed E-state index contributed by atoms with van der Waals surface area (Å²) in [6, 6.07) is 13.5. The van der Waals surface area contributed by atoms with E-state index in [0.29, 0.717) is 22.8 Å². The van der Waals surface area contributed by atoms with Crippen LogP contribution in [-0.2, 0) is 14.3 Å². The first kappa shape index (κ1) is 21.7. The van der Waals surface area contributed by atoms with Crippen LogP contribution in [-0.4, -0.2) is 42.2 Å². The zero-order chi connectivity index (χ0) is 22.4. The first-order valence-electron chi connectivity index (χ1n) is 9.25. The van der Waals surface area contributed by atoms with Crippen molar-refractivity contribution < 1.29 is 28.2 Å². The number of carbonyl (C=O) groups excluding carboxylic acids is 2. The number of nitrogens with zero attached hydrogens (tertiary/aromatic N) is 2. The van der Waals surface area contributed by atoms with Gasteiger partial charge in [0.15, 0.2) is 0 Å². The molecule has 3 aromatic rings. The second-order valence-corrected chi connectivity index (χ2v) is 6.42. The molecule has 0 amide bonds. The van der Waals surface area contributed by atoms with E-state index in [0.717, 1.165) is 0 Å². The summed E-state index contributed by atoms with van der Waals surface area (Å²) in [7, 11) is 2.51. The summed E-state index contributed by atoms with van der Waals surface area (Å²) in [5, 5.41) is 2.88. The summed E-state index contributed by atoms with van der Waals surface area (Å²) in [6.07, 6.45) is 0. The molecule has 1 N–H and O–H groups in total. The summed E-state index contributed by atoms with van der Waals surface area (Å²) < 4.78 is 28.1. The standard InChI is InChI=1S/C22H20FN3O5/c1-13(21(27)29-2)24-19-12-18(25-20(26-19)22(28)30-3)14-4-8-16(9-5-14)31-17-10-6-15(23)7-11-17/h4-13H,1-3H3,(H,24,25,26). The van der Waals surface area contributed by atoms with Gasteiger partial charge in [-0.05, 0) is 55.5 Å². The monoisotopic (exact) mass is 425 g/mol. The predicted molar refractivity (Wildman–Crippen MR) is 110 cm³/mol. The molecule has 1 aromatic heterocycles. The average molecular weight is 425 g/mol. The smallest absolute Gasteiger partial charge is 0.376 e. The summed E-state index contributed by atoms with van der Waals surface area (Å²) in [6.45, 7) is 1.60. The zero-order valence-electron chi connectivity index (χ0n) is 17.1. The average Bonchev–Trinajstić information content (AvgIpc) is 2.79. The van der Waals surface area contributed by atoms with Gasteiger partial charge in [0.2, 0.25) is 5.82 Å². The lowest BCUT2D eigenvalue weighted by Gasteiger charge is -2.14. The van der Waals surface area contributed by atoms with Gasteiger partial charge >= 0.3 is 11.9 Å². The second kappa shape index (κ2) is 9.66. The molecule has 3 rings (SSSR count). The number of anilines is 1. The molecule has 0 bridgehead atoms. The maximum Gasteiger partial charge on any atom is 0.376 e. The van der Waals surface area contributed by atoms with Crippen molar-refractivity contribution in [2.45, 2.75) is 13.0 Å². The fourth-order valence-electron chi connectivity index (χ4n) is 2.64. The van der Waals surface area contributed by atoms with E-state index in [1.807, 2.05) is 0 Å². The summed E-state index contributed by atoms with van der Waals surface area (Å²) in [5.41, 5.74) is 1.11. The zero-order valence-corrected chi connectivity index (χ0v) is 17.1. The molecule has 0 aliphatic rings. The van der Waals surface area contributed by atoms with Gasteiger partial charge in [-0.3, -0.25) is 0 Å². The Bertz CT molecular complexity index is 1070. The van der Waals surface area contributed by atoms with Crippen LogP contribution in [0.5, 0.6) is 11.5 Å². The minimum Gasteiger partial charge on any atom is -0.467 e. The van der Waals surface area contributed by atoms with Crippen molar-refractivity contribution in [1.29, 1.82) is 0 Å². The van der Waals surface area contributed by atoms with Gasteiger partial charge in [-0.25, -0.2) is 23.9 Å². The largest absolute Gasteiger partial charge is 0.467 e. The molecule has 1 unspecified atom stereocenters. The molecule has 8 nitrogen and oxygen atoms in total. The molecule has 2 aromatic carbocycles. The van der Waals surface area contributed by atoms with Crippen molar-refractivity contribution in [3.63, 3.8) is 0 Å². The minimum atomic E-state index is -0.716. The normalized spacial score (nSPS) is 11.4. The molecule has 160 valence electrons. The third kappa shape index (κ3) is 5.53. The van der Waals surface area contributed by atoms with E-state index in [1.165, 1.54) is 38.5 Å². The fourth-order valence-corrected chi connectivity index (χ4v) is 2.64. The number of hydrogen-bond acceptors (Lipinski definition) is 8. The predicted octanol–water partition coefficient (Wildman–Crippen LogP) is 3.84. The fraction of sp³-hybridized carbons (Fsp3) is 0.182. The maximum absolute atomic E-state index is 13.0. The number of ether oxygens (including phenoxy) is 3. The molecule has 0 saturated heterocycles. The van der Waals surface area contributed by atoms with E-state index >= 15 is 0 Å². The van der Waals surface area contributed by atoms with E-state index in [4.69, 9.17) is 14.2 Å². The third-order valence-electron chi connectivity index (χ3n) is 4.21. The van der Waals surface area contributed by atoms with Gasteiger partial charge in [0.1, 0.15) is 29.2 Å². The molecule has 0 spiro atoms. The third-order valence-corrected chi connectivity index (χ3v) is 4.21. The van der Waals surface area contributed by atoms with Crippen molar-refractivity contribution in [2.24, 2.45) is 0 Å². The van der Waals surface area contributed by atoms with Gasteiger partial charge < -0.3 is 19.5 Å². The topological polar surface area (TPSA) is 99.6 Å². The van der Waals surface area contributed by atoms with Crippen LogP contribution in [0, 0.1) is 5.82 Å². The molecule has 1 heterocycles. The SMILES string of the molecule is COC(=O)c1nc(NC(C)C(=O)OC)cc(-c2ccc(Oc3ccc(F)cc3)cc2)n1. The lowest BCUT2D eigenvalue weighted by atomic mass is 10.1. The van der Waals surface area contributed by atoms with E-state index < -0.39 is 18.0 Å². The molecule has 0 saturated carbocycles. The maximum atomic E-state index is 13.0. The highest BCUT2D eigenvalue weighted by Crippen LogP contribution is 2.26. The van der Waals surface area contributed by atoms with Gasteiger partial charge in [-0.1, -0.05) is 0 Å². The number of rotatable bonds is 7. The Labute approximate surface area is 178 Å². The van der Waals surface area contributed by atoms with Crippen LogP contribution in [0.2, 0.25) is 0 Å². The van der Waals surface area contributed by atoms with Gasteiger partial charge in [0, 0.05) is 11.6 Å². The van der Waals surface area contributed by atoms with E-state index in [-0.39, 0.29) is 17.5 Å². The summed E-state index contributed by atoms with van der Waals surface area (Å²) in [4.78, 5) is 32.0. The van der Waals surface area contributed by atoms with Crippen LogP contribution in [0.4, 0.5) is 10.2 Å². The van der Waals surface area contributed by atoms with Crippen LogP contribution in [0.1, 0.15) is 17.5 Å². The number of methoxy groups -OCH3 is 2. The Kier molecular flexibility index (Phi) is 6.76. The number of nitrogens with one attached hydrogen (secondary N) is 1. The van der Waals surface area contributed by atoms with Gasteiger partial charge in [-0.15, -0.1) is 0 Å². The molecule has 1 atom stereocenters. The van der Waals surface area contributed by atoms with Crippen LogP contribution in [0.25, 0.3) is 11.3 Å². The van der Waals surface area contributed by atoms with Crippen molar-refractivity contribution in [3.05, 3.63) is 66.2 Å². The van der Waals surface area contributed by atoms with E-state index in [2.05, 4.69) is 15.3 Å². The molecule has 9 heteroatoms. The molecule has 31 heavy (non-hydrogen) atoms. The molecule has 0 aliphatic carbocycles. The van der Waals surface area contributed by atoms with Crippen LogP contribution in [0.15, 0.2) is 54.6 Å². The Hall–Kier alpha value is -4.01. The molecular weight excluding hydrogens is 405 g/mol. The Morgan fingerprint density at radius 1 is 0.935 bits per heavy atom. The Balaban J connectivity index is 1.87. The number of halogens is 1. The van der Waals surface area contributed by atoms with Gasteiger partial charge in [-0.2, -0.15) is 0 Å². The van der Waals surface area contributed by atoms with Crippen molar-refractivity contribution in [3.8, 4) is 22.8 Å². The number of esters is 2. The molecule has 0 fully saturated rings. The number of benzene rings is 2. The Morgan fingerprint density at radius 2 is 1.55 bits per heavy atom. The van der Waals surface area contributed by atoms with Crippen LogP contribution in [0.3, 0.4) is 0 Å².